The molecule has 1 aliphatic rings. The largest absolute Gasteiger partial charge is 0.463 e. The second-order valence-corrected chi connectivity index (χ2v) is 9.79. The summed E-state index contributed by atoms with van der Waals surface area (Å²) in [6.07, 6.45) is 0.927. The molecular weight excluding hydrogens is 529 g/mol. The molecule has 4 rings (SSSR count). The van der Waals surface area contributed by atoms with E-state index in [1.165, 1.54) is 48.8 Å². The zero-order chi connectivity index (χ0) is 27.6. The van der Waals surface area contributed by atoms with Crippen LogP contribution in [0.4, 0.5) is 13.2 Å². The third-order valence-corrected chi connectivity index (χ3v) is 7.13. The van der Waals surface area contributed by atoms with Gasteiger partial charge in [-0.05, 0) is 18.2 Å². The highest BCUT2D eigenvalue weighted by molar-refractivity contribution is 7.99. The van der Waals surface area contributed by atoms with Gasteiger partial charge in [0, 0.05) is 42.5 Å². The molecule has 0 saturated carbocycles. The van der Waals surface area contributed by atoms with Gasteiger partial charge in [0.1, 0.15) is 23.8 Å². The number of rotatable bonds is 7. The SMILES string of the molecule is CC(=O)OCC1O[C@H](Sc2cc[nH]c(=O)c2)C(C)[C@@H](n2cc(-c3cc(F)c(F)c(F)c3)nn2)[C@H]1OC(C)=O. The Labute approximate surface area is 218 Å². The van der Waals surface area contributed by atoms with Crippen LogP contribution in [0.15, 0.2) is 46.3 Å². The summed E-state index contributed by atoms with van der Waals surface area (Å²) < 4.78 is 59.4. The van der Waals surface area contributed by atoms with Gasteiger partial charge in [-0.3, -0.25) is 14.4 Å². The van der Waals surface area contributed by atoms with Gasteiger partial charge >= 0.3 is 11.9 Å². The lowest BCUT2D eigenvalue weighted by Gasteiger charge is -2.44. The zero-order valence-electron chi connectivity index (χ0n) is 20.4. The molecule has 3 aromatic rings. The Morgan fingerprint density at radius 1 is 1.16 bits per heavy atom. The van der Waals surface area contributed by atoms with Crippen molar-refractivity contribution in [1.82, 2.24) is 20.0 Å². The number of nitrogens with one attached hydrogen (secondary N) is 1. The lowest BCUT2D eigenvalue weighted by atomic mass is 9.90. The molecule has 10 nitrogen and oxygen atoms in total. The molecule has 1 N–H and O–H groups in total. The first-order chi connectivity index (χ1) is 18.0. The zero-order valence-corrected chi connectivity index (χ0v) is 21.2. The van der Waals surface area contributed by atoms with Crippen LogP contribution < -0.4 is 5.56 Å². The number of aromatic amines is 1. The van der Waals surface area contributed by atoms with E-state index in [4.69, 9.17) is 14.2 Å². The Kier molecular flexibility index (Phi) is 8.21. The van der Waals surface area contributed by atoms with Gasteiger partial charge in [0.2, 0.25) is 5.56 Å². The number of benzene rings is 1. The molecule has 1 fully saturated rings. The molecule has 1 aliphatic heterocycles. The predicted octanol–water partition coefficient (Wildman–Crippen LogP) is 3.24. The van der Waals surface area contributed by atoms with E-state index in [1.54, 1.807) is 13.0 Å². The minimum atomic E-state index is -1.61. The third kappa shape index (κ3) is 6.07. The molecule has 0 aliphatic carbocycles. The average Bonchev–Trinajstić information content (AvgIpc) is 3.32. The number of thioether (sulfide) groups is 1. The van der Waals surface area contributed by atoms with Gasteiger partial charge in [0.15, 0.2) is 23.6 Å². The predicted molar refractivity (Wildman–Crippen MR) is 127 cm³/mol. The maximum absolute atomic E-state index is 13.8. The second-order valence-electron chi connectivity index (χ2n) is 8.61. The molecule has 2 aromatic heterocycles. The van der Waals surface area contributed by atoms with E-state index in [1.807, 2.05) is 0 Å². The Hall–Kier alpha value is -3.65. The minimum absolute atomic E-state index is 0.0402. The van der Waals surface area contributed by atoms with Crippen molar-refractivity contribution in [2.24, 2.45) is 5.92 Å². The maximum Gasteiger partial charge on any atom is 0.303 e. The van der Waals surface area contributed by atoms with Crippen LogP contribution in [0.5, 0.6) is 0 Å². The summed E-state index contributed by atoms with van der Waals surface area (Å²) in [6.45, 7) is 3.97. The van der Waals surface area contributed by atoms with E-state index in [-0.39, 0.29) is 23.4 Å². The summed E-state index contributed by atoms with van der Waals surface area (Å²) in [6, 6.07) is 3.91. The Morgan fingerprint density at radius 2 is 1.87 bits per heavy atom. The Bertz CT molecular complexity index is 1380. The number of ether oxygens (including phenoxy) is 3. The summed E-state index contributed by atoms with van der Waals surface area (Å²) >= 11 is 1.23. The van der Waals surface area contributed by atoms with E-state index < -0.39 is 59.0 Å². The third-order valence-electron chi connectivity index (χ3n) is 5.83. The normalized spacial score (nSPS) is 23.2. The number of aromatic nitrogens is 4. The van der Waals surface area contributed by atoms with Gasteiger partial charge in [-0.1, -0.05) is 23.9 Å². The molecule has 38 heavy (non-hydrogen) atoms. The molecule has 2 unspecified atom stereocenters. The number of pyridine rings is 1. The maximum atomic E-state index is 13.8. The first-order valence-electron chi connectivity index (χ1n) is 11.4. The molecule has 0 amide bonds. The number of carbonyl (C=O) groups excluding carboxylic acids is 2. The summed E-state index contributed by atoms with van der Waals surface area (Å²) in [5, 5.41) is 8.08. The lowest BCUT2D eigenvalue weighted by molar-refractivity contribution is -0.191. The first kappa shape index (κ1) is 27.4. The van der Waals surface area contributed by atoms with Crippen molar-refractivity contribution in [3.8, 4) is 11.3 Å². The number of hydrogen-bond acceptors (Lipinski definition) is 9. The summed E-state index contributed by atoms with van der Waals surface area (Å²) in [4.78, 5) is 38.5. The number of hydrogen-bond donors (Lipinski definition) is 1. The lowest BCUT2D eigenvalue weighted by Crippen LogP contribution is -2.53. The van der Waals surface area contributed by atoms with Crippen LogP contribution in [0.1, 0.15) is 26.8 Å². The summed E-state index contributed by atoms with van der Waals surface area (Å²) in [7, 11) is 0. The molecule has 1 aromatic carbocycles. The number of halogens is 3. The van der Waals surface area contributed by atoms with Gasteiger partial charge in [-0.2, -0.15) is 0 Å². The molecule has 0 radical (unpaired) electrons. The highest BCUT2D eigenvalue weighted by Crippen LogP contribution is 2.43. The highest BCUT2D eigenvalue weighted by atomic mass is 32.2. The molecule has 5 atom stereocenters. The van der Waals surface area contributed by atoms with Gasteiger partial charge in [-0.25, -0.2) is 17.9 Å². The average molecular weight is 553 g/mol. The van der Waals surface area contributed by atoms with Crippen molar-refractivity contribution in [3.63, 3.8) is 0 Å². The molecular formula is C24H23F3N4O6S. The smallest absolute Gasteiger partial charge is 0.303 e. The van der Waals surface area contributed by atoms with Gasteiger partial charge < -0.3 is 19.2 Å². The Morgan fingerprint density at radius 3 is 2.50 bits per heavy atom. The van der Waals surface area contributed by atoms with Crippen molar-refractivity contribution >= 4 is 23.7 Å². The van der Waals surface area contributed by atoms with E-state index in [9.17, 15) is 27.6 Å². The van der Waals surface area contributed by atoms with Crippen molar-refractivity contribution < 1.29 is 37.0 Å². The number of nitrogens with zero attached hydrogens (tertiary/aromatic N) is 3. The molecule has 202 valence electrons. The van der Waals surface area contributed by atoms with E-state index in [2.05, 4.69) is 15.3 Å². The highest BCUT2D eigenvalue weighted by Gasteiger charge is 2.48. The van der Waals surface area contributed by atoms with Crippen LogP contribution in [0, 0.1) is 23.4 Å². The number of H-pyrrole nitrogens is 1. The van der Waals surface area contributed by atoms with E-state index in [0.717, 1.165) is 12.1 Å². The van der Waals surface area contributed by atoms with Crippen molar-refractivity contribution in [3.05, 3.63) is 64.5 Å². The van der Waals surface area contributed by atoms with E-state index >= 15 is 0 Å². The topological polar surface area (TPSA) is 125 Å². The quantitative estimate of drug-likeness (QED) is 0.347. The fourth-order valence-electron chi connectivity index (χ4n) is 4.14. The van der Waals surface area contributed by atoms with Crippen LogP contribution in [0.3, 0.4) is 0 Å². The van der Waals surface area contributed by atoms with Crippen LogP contribution in [-0.2, 0) is 23.8 Å². The summed E-state index contributed by atoms with van der Waals surface area (Å²) in [5.41, 5.74) is -0.966. The van der Waals surface area contributed by atoms with Crippen LogP contribution in [-0.4, -0.2) is 56.2 Å². The molecule has 14 heteroatoms. The molecule has 0 bridgehead atoms. The molecule has 0 spiro atoms. The van der Waals surface area contributed by atoms with Crippen molar-refractivity contribution in [2.45, 2.75) is 49.4 Å². The number of carbonyl (C=O) groups is 2. The number of esters is 2. The monoisotopic (exact) mass is 552 g/mol. The van der Waals surface area contributed by atoms with E-state index in [0.29, 0.717) is 4.90 Å². The van der Waals surface area contributed by atoms with Gasteiger partial charge in [0.05, 0.1) is 12.2 Å². The first-order valence-corrected chi connectivity index (χ1v) is 12.3. The van der Waals surface area contributed by atoms with Crippen LogP contribution >= 0.6 is 11.8 Å². The minimum Gasteiger partial charge on any atom is -0.463 e. The fraction of sp³-hybridized carbons (Fsp3) is 0.375. The van der Waals surface area contributed by atoms with Crippen LogP contribution in [0.2, 0.25) is 0 Å². The molecule has 1 saturated heterocycles. The fourth-order valence-corrected chi connectivity index (χ4v) is 5.31. The standard InChI is InChI=1S/C24H23F3N4O6S/c1-11-22(31-9-18(29-30-31)14-6-16(25)21(27)17(26)7-14)23(36-13(3)33)19(10-35-12(2)32)37-24(11)38-15-4-5-28-20(34)8-15/h4-9,11,19,22-24H,10H2,1-3H3,(H,28,34)/t11?,19?,22-,23+,24-/m1/s1. The second kappa shape index (κ2) is 11.4. The van der Waals surface area contributed by atoms with Gasteiger partial charge in [-0.15, -0.1) is 5.10 Å². The summed E-state index contributed by atoms with van der Waals surface area (Å²) in [5.74, 6) is -6.04. The Balaban J connectivity index is 1.73. The van der Waals surface area contributed by atoms with Gasteiger partial charge in [0.25, 0.3) is 0 Å². The molecule has 3 heterocycles. The van der Waals surface area contributed by atoms with Crippen LogP contribution in [0.25, 0.3) is 11.3 Å². The van der Waals surface area contributed by atoms with Crippen molar-refractivity contribution in [1.29, 1.82) is 0 Å². The van der Waals surface area contributed by atoms with Crippen molar-refractivity contribution in [2.75, 3.05) is 6.61 Å².